The second-order valence-corrected chi connectivity index (χ2v) is 12.1. The van der Waals surface area contributed by atoms with Gasteiger partial charge in [-0.25, -0.2) is 0 Å². The summed E-state index contributed by atoms with van der Waals surface area (Å²) in [4.78, 5) is 35.4. The number of aliphatic hydroxyl groups is 1. The number of hydrogen-bond acceptors (Lipinski definition) is 5. The number of carbonyl (C=O) groups excluding carboxylic acids is 3. The van der Waals surface area contributed by atoms with Gasteiger partial charge in [-0.15, -0.1) is 0 Å². The Hall–Kier alpha value is -1.49. The second kappa shape index (κ2) is 6.09. The Balaban J connectivity index is 1.30. The third kappa shape index (κ3) is 2.50. The molecule has 168 valence electrons. The number of carbonyl (C=O) groups is 3. The van der Waals surface area contributed by atoms with Crippen molar-refractivity contribution in [3.63, 3.8) is 0 Å². The lowest BCUT2D eigenvalue weighted by molar-refractivity contribution is -0.166. The van der Waals surface area contributed by atoms with Crippen LogP contribution < -0.4 is 0 Å². The number of ether oxygens (including phenoxy) is 1. The minimum Gasteiger partial charge on any atom is -0.393 e. The molecule has 0 aliphatic heterocycles. The Kier molecular flexibility index (Phi) is 3.96. The highest BCUT2D eigenvalue weighted by atomic mass is 16.6. The highest BCUT2D eigenvalue weighted by molar-refractivity contribution is 5.92. The fourth-order valence-electron chi connectivity index (χ4n) is 9.48. The van der Waals surface area contributed by atoms with Gasteiger partial charge in [-0.1, -0.05) is 19.4 Å². The Morgan fingerprint density at radius 1 is 1.16 bits per heavy atom. The van der Waals surface area contributed by atoms with Gasteiger partial charge >= 0.3 is 11.9 Å². The van der Waals surface area contributed by atoms with Crippen molar-refractivity contribution in [2.24, 2.45) is 52.3 Å². The molecule has 6 aliphatic rings. The van der Waals surface area contributed by atoms with E-state index in [4.69, 9.17) is 4.74 Å². The molecule has 0 radical (unpaired) electrons. The summed E-state index contributed by atoms with van der Waals surface area (Å²) in [5, 5.41) is 12.0. The Morgan fingerprint density at radius 3 is 2.68 bits per heavy atom. The van der Waals surface area contributed by atoms with Crippen LogP contribution >= 0.6 is 0 Å². The van der Waals surface area contributed by atoms with Crippen LogP contribution in [0.25, 0.3) is 0 Å². The molecule has 0 bridgehead atoms. The standard InChI is InChI=1S/C26H34O5/c1-13(27)31-21(29)6-9-26(30)20-12-17(20)23-22-16-11-15(16)19-10-14(28)4-7-24(19,2)18(22)5-8-25(23,26)3/h10,15-18,20,22-23,30H,4-9,11-12H2,1-3H3/t15-,16+,17-,18?,20+,22?,23?,24-,25+,26+/m1/s1. The average molecular weight is 427 g/mol. The molecule has 0 aromatic carbocycles. The zero-order chi connectivity index (χ0) is 21.9. The number of rotatable bonds is 3. The normalized spacial score (nSPS) is 53.2. The van der Waals surface area contributed by atoms with Crippen LogP contribution in [-0.2, 0) is 19.1 Å². The van der Waals surface area contributed by atoms with Gasteiger partial charge in [0.2, 0.25) is 0 Å². The predicted octanol–water partition coefficient (Wildman–Crippen LogP) is 3.83. The second-order valence-electron chi connectivity index (χ2n) is 12.1. The molecule has 0 aromatic heterocycles. The Labute approximate surface area is 184 Å². The number of ketones is 1. The van der Waals surface area contributed by atoms with E-state index in [1.54, 1.807) is 0 Å². The fourth-order valence-corrected chi connectivity index (χ4v) is 9.48. The molecular weight excluding hydrogens is 392 g/mol. The van der Waals surface area contributed by atoms with Gasteiger partial charge in [-0.05, 0) is 96.9 Å². The van der Waals surface area contributed by atoms with Gasteiger partial charge in [0.25, 0.3) is 0 Å². The first-order valence-electron chi connectivity index (χ1n) is 12.3. The predicted molar refractivity (Wildman–Crippen MR) is 112 cm³/mol. The third-order valence-electron chi connectivity index (χ3n) is 10.9. The third-order valence-corrected chi connectivity index (χ3v) is 10.9. The summed E-state index contributed by atoms with van der Waals surface area (Å²) in [5.41, 5.74) is 0.584. The lowest BCUT2D eigenvalue weighted by Gasteiger charge is -2.60. The van der Waals surface area contributed by atoms with Crippen LogP contribution in [0.3, 0.4) is 0 Å². The minimum atomic E-state index is -0.840. The van der Waals surface area contributed by atoms with Gasteiger partial charge < -0.3 is 9.84 Å². The summed E-state index contributed by atoms with van der Waals surface area (Å²) in [5.74, 6) is 3.06. The molecule has 1 N–H and O–H groups in total. The number of hydrogen-bond donors (Lipinski definition) is 1. The minimum absolute atomic E-state index is 0.106. The van der Waals surface area contributed by atoms with Crippen LogP contribution in [0.1, 0.15) is 72.1 Å². The lowest BCUT2D eigenvalue weighted by Crippen LogP contribution is -2.57. The highest BCUT2D eigenvalue weighted by Gasteiger charge is 2.78. The summed E-state index contributed by atoms with van der Waals surface area (Å²) in [6.07, 6.45) is 8.53. The Morgan fingerprint density at radius 2 is 1.94 bits per heavy atom. The van der Waals surface area contributed by atoms with Crippen molar-refractivity contribution in [2.75, 3.05) is 0 Å². The van der Waals surface area contributed by atoms with Crippen LogP contribution in [0, 0.1) is 52.3 Å². The van der Waals surface area contributed by atoms with Crippen molar-refractivity contribution < 1.29 is 24.2 Å². The maximum atomic E-state index is 12.2. The van der Waals surface area contributed by atoms with Crippen LogP contribution in [0.2, 0.25) is 0 Å². The zero-order valence-corrected chi connectivity index (χ0v) is 18.9. The van der Waals surface area contributed by atoms with Crippen molar-refractivity contribution in [1.82, 2.24) is 0 Å². The zero-order valence-electron chi connectivity index (χ0n) is 18.9. The summed E-state index contributed by atoms with van der Waals surface area (Å²) in [6.45, 7) is 5.95. The molecular formula is C26H34O5. The van der Waals surface area contributed by atoms with Crippen molar-refractivity contribution in [2.45, 2.75) is 77.7 Å². The number of esters is 2. The quantitative estimate of drug-likeness (QED) is 0.548. The summed E-state index contributed by atoms with van der Waals surface area (Å²) < 4.78 is 4.74. The molecule has 10 atom stereocenters. The summed E-state index contributed by atoms with van der Waals surface area (Å²) in [6, 6.07) is 0. The van der Waals surface area contributed by atoms with Gasteiger partial charge in [0.1, 0.15) is 0 Å². The number of allylic oxidation sites excluding steroid dienone is 1. The van der Waals surface area contributed by atoms with E-state index in [2.05, 4.69) is 13.8 Å². The molecule has 3 unspecified atom stereocenters. The molecule has 6 rings (SSSR count). The van der Waals surface area contributed by atoms with Gasteiger partial charge in [0.05, 0.1) is 5.60 Å². The van der Waals surface area contributed by atoms with E-state index in [1.165, 1.54) is 18.9 Å². The SMILES string of the molecule is CC(=O)OC(=O)CC[C@]1(O)[C@H]2C[C@H]2C2C3C(CC[C@@]21C)[C@@]1(C)CCC(=O)C=C1[C@@H]1C[C@H]31. The van der Waals surface area contributed by atoms with Crippen molar-refractivity contribution >= 4 is 17.7 Å². The highest BCUT2D eigenvalue weighted by Crippen LogP contribution is 2.81. The van der Waals surface area contributed by atoms with Gasteiger partial charge in [0, 0.05) is 19.8 Å². The fraction of sp³-hybridized carbons (Fsp3) is 0.808. The maximum Gasteiger partial charge on any atom is 0.313 e. The molecule has 5 fully saturated rings. The molecule has 5 nitrogen and oxygen atoms in total. The molecule has 0 aromatic rings. The molecule has 0 heterocycles. The molecule has 5 heteroatoms. The van der Waals surface area contributed by atoms with E-state index < -0.39 is 17.5 Å². The smallest absolute Gasteiger partial charge is 0.313 e. The van der Waals surface area contributed by atoms with Gasteiger partial charge in [0.15, 0.2) is 5.78 Å². The molecule has 0 amide bonds. The largest absolute Gasteiger partial charge is 0.393 e. The van der Waals surface area contributed by atoms with Crippen molar-refractivity contribution in [3.8, 4) is 0 Å². The first-order valence-corrected chi connectivity index (χ1v) is 12.3. The topological polar surface area (TPSA) is 80.7 Å². The van der Waals surface area contributed by atoms with E-state index in [0.29, 0.717) is 54.1 Å². The van der Waals surface area contributed by atoms with Crippen LogP contribution in [0.4, 0.5) is 0 Å². The Bertz CT molecular complexity index is 921. The monoisotopic (exact) mass is 426 g/mol. The molecule has 5 saturated carbocycles. The van der Waals surface area contributed by atoms with E-state index in [9.17, 15) is 19.5 Å². The first kappa shape index (κ1) is 20.1. The molecule has 0 spiro atoms. The van der Waals surface area contributed by atoms with E-state index in [1.807, 2.05) is 6.08 Å². The van der Waals surface area contributed by atoms with Crippen LogP contribution in [-0.4, -0.2) is 28.4 Å². The van der Waals surface area contributed by atoms with E-state index >= 15 is 0 Å². The van der Waals surface area contributed by atoms with Crippen molar-refractivity contribution in [3.05, 3.63) is 11.6 Å². The average Bonchev–Trinajstić information content (AvgIpc) is 3.60. The van der Waals surface area contributed by atoms with Crippen molar-refractivity contribution in [1.29, 1.82) is 0 Å². The molecule has 0 saturated heterocycles. The van der Waals surface area contributed by atoms with Crippen LogP contribution in [0.5, 0.6) is 0 Å². The first-order chi connectivity index (χ1) is 14.6. The van der Waals surface area contributed by atoms with Gasteiger partial charge in [-0.2, -0.15) is 0 Å². The lowest BCUT2D eigenvalue weighted by atomic mass is 9.45. The summed E-state index contributed by atoms with van der Waals surface area (Å²) >= 11 is 0. The molecule has 6 aliphatic carbocycles. The van der Waals surface area contributed by atoms with Gasteiger partial charge in [-0.3, -0.25) is 14.4 Å². The molecule has 31 heavy (non-hydrogen) atoms. The summed E-state index contributed by atoms with van der Waals surface area (Å²) in [7, 11) is 0. The number of fused-ring (bicyclic) bond motifs is 10. The van der Waals surface area contributed by atoms with E-state index in [-0.39, 0.29) is 23.2 Å². The van der Waals surface area contributed by atoms with Crippen LogP contribution in [0.15, 0.2) is 11.6 Å². The maximum absolute atomic E-state index is 12.2. The van der Waals surface area contributed by atoms with E-state index in [0.717, 1.165) is 25.7 Å².